The molecule has 0 aromatic heterocycles. The zero-order valence-corrected chi connectivity index (χ0v) is 25.1. The van der Waals surface area contributed by atoms with Crippen LogP contribution < -0.4 is 0 Å². The maximum absolute atomic E-state index is 12.5. The lowest BCUT2D eigenvalue weighted by Crippen LogP contribution is -2.27. The summed E-state index contributed by atoms with van der Waals surface area (Å²) in [7, 11) is 0. The Kier molecular flexibility index (Phi) is 14.2. The maximum atomic E-state index is 12.5. The lowest BCUT2D eigenvalue weighted by Gasteiger charge is -2.27. The Bertz CT molecular complexity index is 1110. The molecular weight excluding hydrogens is 520 g/mol. The fourth-order valence-electron chi connectivity index (χ4n) is 5.11. The van der Waals surface area contributed by atoms with Gasteiger partial charge in [0.25, 0.3) is 0 Å². The number of aliphatic hydroxyl groups excluding tert-OH is 3. The van der Waals surface area contributed by atoms with Crippen molar-refractivity contribution in [3.8, 4) is 0 Å². The first-order valence-electron chi connectivity index (χ1n) is 14.7. The average Bonchev–Trinajstić information content (AvgIpc) is 2.89. The van der Waals surface area contributed by atoms with Crippen molar-refractivity contribution in [3.05, 3.63) is 71.3 Å². The number of aliphatic hydroxyl groups is 3. The first-order chi connectivity index (χ1) is 19.4. The van der Waals surface area contributed by atoms with E-state index in [1.165, 1.54) is 12.2 Å². The van der Waals surface area contributed by atoms with Crippen LogP contribution in [-0.2, 0) is 14.3 Å². The molecule has 0 fully saturated rings. The van der Waals surface area contributed by atoms with Crippen LogP contribution in [0.3, 0.4) is 0 Å². The van der Waals surface area contributed by atoms with Crippen LogP contribution in [0.2, 0.25) is 0 Å². The van der Waals surface area contributed by atoms with Crippen molar-refractivity contribution in [2.24, 2.45) is 17.8 Å². The molecule has 0 saturated heterocycles. The Morgan fingerprint density at radius 3 is 2.49 bits per heavy atom. The van der Waals surface area contributed by atoms with E-state index in [0.29, 0.717) is 25.7 Å². The number of carboxylic acids is 1. The second-order valence-corrected chi connectivity index (χ2v) is 11.6. The number of carbonyl (C=O) groups is 2. The molecule has 226 valence electrons. The summed E-state index contributed by atoms with van der Waals surface area (Å²) >= 11 is 0. The Hall–Kier alpha value is -3.00. The number of rotatable bonds is 10. The van der Waals surface area contributed by atoms with Gasteiger partial charge >= 0.3 is 11.9 Å². The summed E-state index contributed by atoms with van der Waals surface area (Å²) in [6.07, 6.45) is 10.7. The lowest BCUT2D eigenvalue weighted by atomic mass is 9.78. The minimum Gasteiger partial charge on any atom is -0.478 e. The number of ether oxygens (including phenoxy) is 1. The molecule has 0 bridgehead atoms. The molecule has 4 N–H and O–H groups in total. The van der Waals surface area contributed by atoms with E-state index in [2.05, 4.69) is 19.1 Å². The van der Waals surface area contributed by atoms with Gasteiger partial charge in [0.1, 0.15) is 6.10 Å². The fraction of sp³-hybridized carbons (Fsp3) is 0.529. The van der Waals surface area contributed by atoms with Crippen LogP contribution in [0, 0.1) is 17.8 Å². The Labute approximate surface area is 244 Å². The fourth-order valence-corrected chi connectivity index (χ4v) is 5.11. The molecule has 1 aliphatic heterocycles. The molecule has 1 aromatic carbocycles. The highest BCUT2D eigenvalue weighted by Gasteiger charge is 2.25. The van der Waals surface area contributed by atoms with Gasteiger partial charge in [-0.2, -0.15) is 0 Å². The van der Waals surface area contributed by atoms with E-state index in [9.17, 15) is 30.0 Å². The molecule has 0 aliphatic carbocycles. The molecule has 0 saturated carbocycles. The van der Waals surface area contributed by atoms with Gasteiger partial charge in [-0.05, 0) is 73.6 Å². The van der Waals surface area contributed by atoms with Gasteiger partial charge < -0.3 is 25.2 Å². The third-order valence-corrected chi connectivity index (χ3v) is 7.50. The third-order valence-electron chi connectivity index (χ3n) is 7.50. The predicted molar refractivity (Wildman–Crippen MR) is 163 cm³/mol. The van der Waals surface area contributed by atoms with Gasteiger partial charge in [0.05, 0.1) is 18.3 Å². The second-order valence-electron chi connectivity index (χ2n) is 11.6. The third kappa shape index (κ3) is 12.2. The van der Waals surface area contributed by atoms with Gasteiger partial charge in [-0.25, -0.2) is 4.79 Å². The molecule has 1 heterocycles. The Morgan fingerprint density at radius 1 is 1.12 bits per heavy atom. The van der Waals surface area contributed by atoms with Crippen molar-refractivity contribution in [3.63, 3.8) is 0 Å². The number of cyclic esters (lactones) is 1. The number of carboxylic acid groups (broad SMARTS) is 1. The summed E-state index contributed by atoms with van der Waals surface area (Å²) < 4.78 is 5.72. The van der Waals surface area contributed by atoms with Crippen LogP contribution in [0.1, 0.15) is 84.3 Å². The number of carbonyl (C=O) groups excluding carboxylic acids is 1. The largest absolute Gasteiger partial charge is 0.478 e. The quantitative estimate of drug-likeness (QED) is 0.119. The molecule has 0 unspecified atom stereocenters. The molecule has 1 aromatic rings. The van der Waals surface area contributed by atoms with Crippen molar-refractivity contribution < 1.29 is 34.8 Å². The minimum absolute atomic E-state index is 0.0738. The van der Waals surface area contributed by atoms with Crippen LogP contribution in [-0.4, -0.2) is 56.8 Å². The van der Waals surface area contributed by atoms with E-state index in [1.54, 1.807) is 6.92 Å². The highest BCUT2D eigenvalue weighted by atomic mass is 16.5. The van der Waals surface area contributed by atoms with Crippen LogP contribution in [0.5, 0.6) is 0 Å². The molecule has 0 spiro atoms. The first-order valence-corrected chi connectivity index (χ1v) is 14.7. The van der Waals surface area contributed by atoms with Crippen LogP contribution in [0.15, 0.2) is 60.2 Å². The van der Waals surface area contributed by atoms with Crippen LogP contribution >= 0.6 is 0 Å². The van der Waals surface area contributed by atoms with Crippen molar-refractivity contribution in [2.45, 2.75) is 97.6 Å². The number of aliphatic carboxylic acids is 1. The zero-order chi connectivity index (χ0) is 30.5. The van der Waals surface area contributed by atoms with Gasteiger partial charge in [-0.1, -0.05) is 74.9 Å². The molecule has 7 nitrogen and oxygen atoms in total. The van der Waals surface area contributed by atoms with E-state index < -0.39 is 24.3 Å². The van der Waals surface area contributed by atoms with Gasteiger partial charge in [0, 0.05) is 25.3 Å². The summed E-state index contributed by atoms with van der Waals surface area (Å²) in [6.45, 7) is 9.59. The number of esters is 1. The smallest absolute Gasteiger partial charge is 0.328 e. The van der Waals surface area contributed by atoms with Crippen molar-refractivity contribution in [1.29, 1.82) is 0 Å². The zero-order valence-electron chi connectivity index (χ0n) is 25.1. The summed E-state index contributed by atoms with van der Waals surface area (Å²) in [4.78, 5) is 24.5. The summed E-state index contributed by atoms with van der Waals surface area (Å²) in [6, 6.07) is 7.65. The lowest BCUT2D eigenvalue weighted by molar-refractivity contribution is -0.151. The topological polar surface area (TPSA) is 124 Å². The van der Waals surface area contributed by atoms with E-state index >= 15 is 0 Å². The van der Waals surface area contributed by atoms with Crippen LogP contribution in [0.4, 0.5) is 0 Å². The number of hydrogen-bond donors (Lipinski definition) is 4. The molecule has 0 amide bonds. The van der Waals surface area contributed by atoms with Crippen molar-refractivity contribution in [1.82, 2.24) is 0 Å². The Balaban J connectivity index is 2.32. The summed E-state index contributed by atoms with van der Waals surface area (Å²) in [5.74, 6) is -0.919. The van der Waals surface area contributed by atoms with Crippen molar-refractivity contribution >= 4 is 23.6 Å². The average molecular weight is 569 g/mol. The monoisotopic (exact) mass is 568 g/mol. The highest BCUT2D eigenvalue weighted by Crippen LogP contribution is 2.36. The molecular formula is C34H48O7. The summed E-state index contributed by atoms with van der Waals surface area (Å²) in [5, 5.41) is 39.4. The molecule has 1 aliphatic rings. The second kappa shape index (κ2) is 17.1. The number of benzene rings is 1. The molecule has 7 heteroatoms. The van der Waals surface area contributed by atoms with E-state index in [0.717, 1.165) is 28.7 Å². The normalized spacial score (nSPS) is 24.7. The SMILES string of the molecule is CC(/C=C/c1cccc(/C(=C/C(=O)O)[C@H]2CCCC(=O)O[C@@H](C(C)C)C/C=C/C[C@H]2C)c1)=C\[C@H](O)[C@@H](O)C[C@H](C)O. The van der Waals surface area contributed by atoms with Crippen LogP contribution in [0.25, 0.3) is 11.6 Å². The highest BCUT2D eigenvalue weighted by molar-refractivity contribution is 5.91. The maximum Gasteiger partial charge on any atom is 0.328 e. The van der Waals surface area contributed by atoms with E-state index in [4.69, 9.17) is 4.74 Å². The van der Waals surface area contributed by atoms with E-state index in [1.807, 2.05) is 57.2 Å². The summed E-state index contributed by atoms with van der Waals surface area (Å²) in [5.41, 5.74) is 3.12. The van der Waals surface area contributed by atoms with Gasteiger partial charge in [0.2, 0.25) is 0 Å². The predicted octanol–water partition coefficient (Wildman–Crippen LogP) is 5.95. The van der Waals surface area contributed by atoms with E-state index in [-0.39, 0.29) is 36.2 Å². The molecule has 6 atom stereocenters. The minimum atomic E-state index is -1.10. The standard InChI is InChI=1S/C34H48O7/c1-22(2)32-14-7-6-10-24(4)28(13-9-15-34(40)41-32)29(21-33(38)39)27-12-8-11-26(20-27)17-16-23(3)18-30(36)31(37)19-25(5)35/h6-8,11-12,16-18,20-22,24-25,28,30-32,35-37H,9-10,13-15,19H2,1-5H3,(H,38,39)/b7-6+,17-16+,23-18+,29-21-/t24-,25+,28+,30+,31+,32-/m1/s1. The van der Waals surface area contributed by atoms with Crippen molar-refractivity contribution in [2.75, 3.05) is 0 Å². The van der Waals surface area contributed by atoms with Gasteiger partial charge in [-0.15, -0.1) is 0 Å². The van der Waals surface area contributed by atoms with Gasteiger partial charge in [0.15, 0.2) is 0 Å². The molecule has 2 rings (SSSR count). The number of allylic oxidation sites excluding steroid dienone is 4. The first kappa shape index (κ1) is 34.2. The molecule has 41 heavy (non-hydrogen) atoms. The van der Waals surface area contributed by atoms with Gasteiger partial charge in [-0.3, -0.25) is 4.79 Å². The number of hydrogen-bond acceptors (Lipinski definition) is 6. The Morgan fingerprint density at radius 2 is 1.83 bits per heavy atom. The molecule has 0 radical (unpaired) electrons.